The number of benzene rings is 2. The Bertz CT molecular complexity index is 1000. The van der Waals surface area contributed by atoms with Gasteiger partial charge in [-0.15, -0.1) is 0 Å². The van der Waals surface area contributed by atoms with E-state index in [1.807, 2.05) is 0 Å². The van der Waals surface area contributed by atoms with Crippen molar-refractivity contribution in [1.82, 2.24) is 4.90 Å². The zero-order valence-electron chi connectivity index (χ0n) is 16.3. The molecule has 2 heterocycles. The number of Topliss-reactive ketones (excluding diaryl/α,β-unsaturated/α-hetero) is 1. The highest BCUT2D eigenvalue weighted by Crippen LogP contribution is 2.38. The summed E-state index contributed by atoms with van der Waals surface area (Å²) in [5.41, 5.74) is 1.63. The van der Waals surface area contributed by atoms with Crippen LogP contribution in [0.3, 0.4) is 0 Å². The highest BCUT2D eigenvalue weighted by molar-refractivity contribution is 6.42. The topological polar surface area (TPSA) is 77.3 Å². The fraction of sp³-hybridized carbons (Fsp3) is 0.318. The monoisotopic (exact) mass is 448 g/mol. The van der Waals surface area contributed by atoms with Gasteiger partial charge in [0, 0.05) is 25.2 Å². The average molecular weight is 449 g/mol. The van der Waals surface area contributed by atoms with Gasteiger partial charge in [-0.3, -0.25) is 9.69 Å². The number of halogens is 2. The van der Waals surface area contributed by atoms with E-state index in [0.29, 0.717) is 45.6 Å². The van der Waals surface area contributed by atoms with E-state index in [9.17, 15) is 9.90 Å². The van der Waals surface area contributed by atoms with Crippen molar-refractivity contribution in [2.45, 2.75) is 6.54 Å². The number of β-amino-alcohol motifs (C(OH)–C–C–N with tert-alkyl or cyclic N) is 1. The van der Waals surface area contributed by atoms with Gasteiger partial charge in [-0.1, -0.05) is 41.1 Å². The standard InChI is InChI=1S/C22H22Cl2N2O4/c23-17-3-1-14(11-18(17)24)12-20-21(29)15-2-4-19(28)16(22(15)30-20)13-26-7-5-25(6-8-26)9-10-27/h1-4,11-12,27-28H,5-10,13H2. The van der Waals surface area contributed by atoms with Crippen molar-refractivity contribution in [2.24, 2.45) is 0 Å². The Kier molecular flexibility index (Phi) is 6.32. The summed E-state index contributed by atoms with van der Waals surface area (Å²) < 4.78 is 5.89. The summed E-state index contributed by atoms with van der Waals surface area (Å²) in [6.07, 6.45) is 1.61. The number of aliphatic hydroxyl groups excluding tert-OH is 1. The first-order chi connectivity index (χ1) is 14.5. The molecule has 0 radical (unpaired) electrons. The van der Waals surface area contributed by atoms with Gasteiger partial charge in [-0.2, -0.15) is 0 Å². The van der Waals surface area contributed by atoms with Gasteiger partial charge in [0.1, 0.15) is 12.3 Å². The smallest absolute Gasteiger partial charge is 0.231 e. The summed E-state index contributed by atoms with van der Waals surface area (Å²) in [6.45, 7) is 4.77. The third kappa shape index (κ3) is 4.33. The van der Waals surface area contributed by atoms with E-state index in [0.717, 1.165) is 26.2 Å². The number of nitrogens with zero attached hydrogens (tertiary/aromatic N) is 1. The van der Waals surface area contributed by atoms with Gasteiger partial charge < -0.3 is 19.8 Å². The molecule has 2 aliphatic heterocycles. The van der Waals surface area contributed by atoms with Crippen molar-refractivity contribution in [3.05, 3.63) is 62.8 Å². The fourth-order valence-corrected chi connectivity index (χ4v) is 4.18. The van der Waals surface area contributed by atoms with E-state index >= 15 is 0 Å². The SMILES string of the molecule is O=C1C(=Cc2ccc(Cl)c(Cl)c2)Oc2c1ccc([O-])c2C[NH+]1CCN(CCO)CC1. The van der Waals surface area contributed by atoms with E-state index in [-0.39, 0.29) is 23.9 Å². The molecule has 0 amide bonds. The minimum Gasteiger partial charge on any atom is -0.872 e. The van der Waals surface area contributed by atoms with Crippen molar-refractivity contribution in [1.29, 1.82) is 0 Å². The summed E-state index contributed by atoms with van der Waals surface area (Å²) in [5, 5.41) is 22.5. The number of hydrogen-bond acceptors (Lipinski definition) is 5. The molecule has 4 rings (SSSR count). The second kappa shape index (κ2) is 8.96. The summed E-state index contributed by atoms with van der Waals surface area (Å²) in [5.74, 6) is 0.157. The molecule has 0 aliphatic carbocycles. The quantitative estimate of drug-likeness (QED) is 0.675. The van der Waals surface area contributed by atoms with Crippen LogP contribution in [0.1, 0.15) is 21.5 Å². The number of nitrogens with one attached hydrogen (secondary N) is 1. The van der Waals surface area contributed by atoms with E-state index in [4.69, 9.17) is 33.0 Å². The molecular weight excluding hydrogens is 427 g/mol. The molecule has 0 bridgehead atoms. The van der Waals surface area contributed by atoms with Crippen molar-refractivity contribution >= 4 is 35.1 Å². The largest absolute Gasteiger partial charge is 0.872 e. The highest BCUT2D eigenvalue weighted by Gasteiger charge is 2.31. The van der Waals surface area contributed by atoms with Crippen molar-refractivity contribution in [2.75, 3.05) is 39.3 Å². The number of fused-ring (bicyclic) bond motifs is 1. The molecule has 6 nitrogen and oxygen atoms in total. The Balaban J connectivity index is 1.55. The number of ether oxygens (including phenoxy) is 1. The fourth-order valence-electron chi connectivity index (χ4n) is 3.87. The van der Waals surface area contributed by atoms with Crippen LogP contribution >= 0.6 is 23.2 Å². The van der Waals surface area contributed by atoms with Gasteiger partial charge in [-0.05, 0) is 29.8 Å². The summed E-state index contributed by atoms with van der Waals surface area (Å²) >= 11 is 12.0. The van der Waals surface area contributed by atoms with Crippen LogP contribution in [0.4, 0.5) is 0 Å². The molecular formula is C22H22Cl2N2O4. The zero-order valence-corrected chi connectivity index (χ0v) is 17.8. The number of allylic oxidation sites excluding steroid dienone is 1. The first kappa shape index (κ1) is 21.2. The van der Waals surface area contributed by atoms with E-state index < -0.39 is 0 Å². The third-order valence-electron chi connectivity index (χ3n) is 5.55. The van der Waals surface area contributed by atoms with Gasteiger partial charge in [-0.25, -0.2) is 0 Å². The lowest BCUT2D eigenvalue weighted by atomic mass is 10.0. The number of piperazine rings is 1. The lowest BCUT2D eigenvalue weighted by Gasteiger charge is -2.32. The molecule has 0 unspecified atom stereocenters. The lowest BCUT2D eigenvalue weighted by Crippen LogP contribution is -3.13. The number of carbonyl (C=O) groups excluding carboxylic acids is 1. The summed E-state index contributed by atoms with van der Waals surface area (Å²) in [4.78, 5) is 16.3. The van der Waals surface area contributed by atoms with Gasteiger partial charge in [0.15, 0.2) is 5.76 Å². The Hall–Kier alpha value is -2.09. The Morgan fingerprint density at radius 1 is 1.17 bits per heavy atom. The number of rotatable bonds is 5. The van der Waals surface area contributed by atoms with Crippen LogP contribution in [0.5, 0.6) is 11.5 Å². The second-order valence-electron chi connectivity index (χ2n) is 7.52. The van der Waals surface area contributed by atoms with Gasteiger partial charge in [0.05, 0.1) is 35.3 Å². The number of hydrogen-bond donors (Lipinski definition) is 2. The average Bonchev–Trinajstić information content (AvgIpc) is 3.04. The number of quaternary nitrogens is 1. The molecule has 158 valence electrons. The maximum absolute atomic E-state index is 12.8. The van der Waals surface area contributed by atoms with Crippen LogP contribution in [-0.2, 0) is 6.54 Å². The van der Waals surface area contributed by atoms with Crippen LogP contribution in [-0.4, -0.2) is 55.1 Å². The molecule has 0 saturated carbocycles. The van der Waals surface area contributed by atoms with Crippen LogP contribution in [0, 0.1) is 0 Å². The first-order valence-electron chi connectivity index (χ1n) is 9.85. The predicted molar refractivity (Wildman–Crippen MR) is 113 cm³/mol. The number of ketones is 1. The van der Waals surface area contributed by atoms with Gasteiger partial charge in [0.2, 0.25) is 5.78 Å². The molecule has 0 atom stereocenters. The normalized spacial score (nSPS) is 18.6. The molecule has 2 aliphatic rings. The van der Waals surface area contributed by atoms with Crippen molar-refractivity contribution < 1.29 is 24.6 Å². The summed E-state index contributed by atoms with van der Waals surface area (Å²) in [6, 6.07) is 8.04. The number of carbonyl (C=O) groups is 1. The van der Waals surface area contributed by atoms with E-state index in [2.05, 4.69) is 4.90 Å². The van der Waals surface area contributed by atoms with Crippen LogP contribution < -0.4 is 14.7 Å². The second-order valence-corrected chi connectivity index (χ2v) is 8.34. The molecule has 0 aromatic heterocycles. The van der Waals surface area contributed by atoms with Crippen LogP contribution in [0.15, 0.2) is 36.1 Å². The molecule has 1 fully saturated rings. The zero-order chi connectivity index (χ0) is 21.3. The lowest BCUT2D eigenvalue weighted by molar-refractivity contribution is -0.918. The maximum Gasteiger partial charge on any atom is 0.231 e. The molecule has 2 N–H and O–H groups in total. The minimum absolute atomic E-state index is 0.123. The van der Waals surface area contributed by atoms with Crippen molar-refractivity contribution in [3.63, 3.8) is 0 Å². The van der Waals surface area contributed by atoms with E-state index in [1.54, 1.807) is 24.3 Å². The Labute approximate surface area is 184 Å². The molecule has 2 aromatic rings. The van der Waals surface area contributed by atoms with E-state index in [1.165, 1.54) is 17.0 Å². The van der Waals surface area contributed by atoms with Crippen LogP contribution in [0.25, 0.3) is 6.08 Å². The predicted octanol–water partition coefficient (Wildman–Crippen LogP) is 1.38. The van der Waals surface area contributed by atoms with Gasteiger partial charge in [0.25, 0.3) is 0 Å². The summed E-state index contributed by atoms with van der Waals surface area (Å²) in [7, 11) is 0. The number of aliphatic hydroxyl groups is 1. The molecule has 30 heavy (non-hydrogen) atoms. The molecule has 1 saturated heterocycles. The van der Waals surface area contributed by atoms with Gasteiger partial charge >= 0.3 is 0 Å². The first-order valence-corrected chi connectivity index (χ1v) is 10.6. The van der Waals surface area contributed by atoms with Crippen molar-refractivity contribution in [3.8, 4) is 11.5 Å². The highest BCUT2D eigenvalue weighted by atomic mass is 35.5. The maximum atomic E-state index is 12.8. The molecule has 0 spiro atoms. The Morgan fingerprint density at radius 3 is 2.63 bits per heavy atom. The third-order valence-corrected chi connectivity index (χ3v) is 6.28. The molecule has 2 aromatic carbocycles. The van der Waals surface area contributed by atoms with Crippen LogP contribution in [0.2, 0.25) is 10.0 Å². The minimum atomic E-state index is -0.250. The Morgan fingerprint density at radius 2 is 1.93 bits per heavy atom. The molecule has 8 heteroatoms.